The van der Waals surface area contributed by atoms with Crippen LogP contribution in [0.3, 0.4) is 0 Å². The Labute approximate surface area is 148 Å². The number of rotatable bonds is 4. The van der Waals surface area contributed by atoms with Crippen molar-refractivity contribution in [3.8, 4) is 11.5 Å². The number of nitrogens with one attached hydrogen (secondary N) is 1. The van der Waals surface area contributed by atoms with Crippen molar-refractivity contribution in [2.75, 3.05) is 6.61 Å². The molecular formula is C18H15FN2O3S. The molecule has 0 atom stereocenters. The third-order valence-corrected chi connectivity index (χ3v) is 4.22. The predicted molar refractivity (Wildman–Crippen MR) is 96.5 cm³/mol. The van der Waals surface area contributed by atoms with E-state index < -0.39 is 5.82 Å². The van der Waals surface area contributed by atoms with Gasteiger partial charge in [-0.05, 0) is 54.6 Å². The highest BCUT2D eigenvalue weighted by molar-refractivity contribution is 8.18. The number of amides is 1. The predicted octanol–water partition coefficient (Wildman–Crippen LogP) is 3.82. The van der Waals surface area contributed by atoms with Crippen LogP contribution in [0.1, 0.15) is 12.5 Å². The van der Waals surface area contributed by atoms with Crippen molar-refractivity contribution < 1.29 is 19.0 Å². The lowest BCUT2D eigenvalue weighted by Crippen LogP contribution is -2.19. The average molecular weight is 358 g/mol. The number of benzene rings is 2. The number of aromatic hydroxyl groups is 1. The summed E-state index contributed by atoms with van der Waals surface area (Å²) in [5, 5.41) is 12.6. The van der Waals surface area contributed by atoms with E-state index in [4.69, 9.17) is 4.74 Å². The summed E-state index contributed by atoms with van der Waals surface area (Å²) >= 11 is 1.12. The van der Waals surface area contributed by atoms with Gasteiger partial charge < -0.3 is 15.2 Å². The summed E-state index contributed by atoms with van der Waals surface area (Å²) in [5.41, 5.74) is 0.862. The van der Waals surface area contributed by atoms with E-state index in [-0.39, 0.29) is 17.3 Å². The van der Waals surface area contributed by atoms with E-state index in [2.05, 4.69) is 10.3 Å². The maximum atomic E-state index is 13.7. The summed E-state index contributed by atoms with van der Waals surface area (Å²) in [6.45, 7) is 2.23. The second-order valence-electron chi connectivity index (χ2n) is 5.09. The number of para-hydroxylation sites is 1. The largest absolute Gasteiger partial charge is 0.504 e. The number of carbonyl (C=O) groups is 1. The van der Waals surface area contributed by atoms with Gasteiger partial charge in [-0.1, -0.05) is 18.2 Å². The van der Waals surface area contributed by atoms with Crippen molar-refractivity contribution in [2.24, 2.45) is 4.99 Å². The first-order valence-electron chi connectivity index (χ1n) is 7.56. The molecule has 3 rings (SSSR count). The minimum Gasteiger partial charge on any atom is -0.504 e. The van der Waals surface area contributed by atoms with E-state index in [1.165, 1.54) is 18.2 Å². The number of hydrogen-bond donors (Lipinski definition) is 2. The molecule has 7 heteroatoms. The zero-order valence-corrected chi connectivity index (χ0v) is 14.1. The summed E-state index contributed by atoms with van der Waals surface area (Å²) < 4.78 is 19.0. The first-order chi connectivity index (χ1) is 12.1. The van der Waals surface area contributed by atoms with Gasteiger partial charge in [0, 0.05) is 0 Å². The maximum absolute atomic E-state index is 13.7. The molecule has 1 amide bonds. The van der Waals surface area contributed by atoms with E-state index in [1.807, 2.05) is 6.92 Å². The minimum absolute atomic E-state index is 0.0364. The molecule has 2 aromatic rings. The van der Waals surface area contributed by atoms with Crippen LogP contribution >= 0.6 is 11.8 Å². The molecule has 1 fully saturated rings. The van der Waals surface area contributed by atoms with Crippen molar-refractivity contribution in [3.63, 3.8) is 0 Å². The Balaban J connectivity index is 1.84. The van der Waals surface area contributed by atoms with Crippen LogP contribution in [0.4, 0.5) is 10.1 Å². The fourth-order valence-corrected chi connectivity index (χ4v) is 3.01. The zero-order valence-electron chi connectivity index (χ0n) is 13.3. The standard InChI is InChI=1S/C18H15FN2O3S/c1-2-24-15-9-11(7-8-14(15)22)10-16-17(23)21-18(25-16)20-13-6-4-3-5-12(13)19/h3-10,22H,2H2,1H3,(H,20,21,23). The molecule has 1 aliphatic heterocycles. The number of hydrogen-bond acceptors (Lipinski definition) is 5. The second kappa shape index (κ2) is 7.40. The quantitative estimate of drug-likeness (QED) is 0.815. The third kappa shape index (κ3) is 4.00. The Morgan fingerprint density at radius 1 is 1.32 bits per heavy atom. The molecule has 0 saturated carbocycles. The highest BCUT2D eigenvalue weighted by Gasteiger charge is 2.24. The SMILES string of the molecule is CCOc1cc(C=C2SC(=Nc3ccccc3F)NC2=O)ccc1O. The van der Waals surface area contributed by atoms with Crippen molar-refractivity contribution in [1.82, 2.24) is 5.32 Å². The summed E-state index contributed by atoms with van der Waals surface area (Å²) in [7, 11) is 0. The lowest BCUT2D eigenvalue weighted by molar-refractivity contribution is -0.115. The van der Waals surface area contributed by atoms with Crippen LogP contribution in [0.5, 0.6) is 11.5 Å². The molecule has 2 aromatic carbocycles. The van der Waals surface area contributed by atoms with Gasteiger partial charge in [0.15, 0.2) is 16.7 Å². The Hall–Kier alpha value is -2.80. The number of carbonyl (C=O) groups excluding carboxylic acids is 1. The highest BCUT2D eigenvalue weighted by atomic mass is 32.2. The Kier molecular flexibility index (Phi) is 5.04. The number of thioether (sulfide) groups is 1. The number of ether oxygens (including phenoxy) is 1. The molecule has 1 heterocycles. The molecule has 1 saturated heterocycles. The third-order valence-electron chi connectivity index (χ3n) is 3.31. The molecule has 0 aromatic heterocycles. The number of nitrogens with zero attached hydrogens (tertiary/aromatic N) is 1. The van der Waals surface area contributed by atoms with Crippen LogP contribution in [-0.4, -0.2) is 22.8 Å². The molecule has 0 spiro atoms. The second-order valence-corrected chi connectivity index (χ2v) is 6.12. The first-order valence-corrected chi connectivity index (χ1v) is 8.38. The highest BCUT2D eigenvalue weighted by Crippen LogP contribution is 2.32. The molecule has 0 bridgehead atoms. The summed E-state index contributed by atoms with van der Waals surface area (Å²) in [6, 6.07) is 10.9. The molecular weight excluding hydrogens is 343 g/mol. The normalized spacial score (nSPS) is 17.1. The van der Waals surface area contributed by atoms with Gasteiger partial charge in [-0.2, -0.15) is 0 Å². The minimum atomic E-state index is -0.456. The number of phenolic OH excluding ortho intramolecular Hbond substituents is 1. The van der Waals surface area contributed by atoms with E-state index in [0.717, 1.165) is 11.8 Å². The van der Waals surface area contributed by atoms with Gasteiger partial charge in [0.2, 0.25) is 0 Å². The average Bonchev–Trinajstić information content (AvgIpc) is 2.92. The summed E-state index contributed by atoms with van der Waals surface area (Å²) in [6.07, 6.45) is 1.66. The van der Waals surface area contributed by atoms with Crippen molar-refractivity contribution in [2.45, 2.75) is 6.92 Å². The van der Waals surface area contributed by atoms with E-state index >= 15 is 0 Å². The zero-order chi connectivity index (χ0) is 17.8. The Bertz CT molecular complexity index is 880. The number of phenols is 1. The van der Waals surface area contributed by atoms with Gasteiger partial charge in [-0.15, -0.1) is 0 Å². The lowest BCUT2D eigenvalue weighted by atomic mass is 10.2. The van der Waals surface area contributed by atoms with Crippen molar-refractivity contribution >= 4 is 34.6 Å². The summed E-state index contributed by atoms with van der Waals surface area (Å²) in [4.78, 5) is 16.6. The topological polar surface area (TPSA) is 70.9 Å². The molecule has 2 N–H and O–H groups in total. The maximum Gasteiger partial charge on any atom is 0.264 e. The van der Waals surface area contributed by atoms with Gasteiger partial charge in [-0.25, -0.2) is 9.38 Å². The van der Waals surface area contributed by atoms with Crippen LogP contribution in [0.2, 0.25) is 0 Å². The fourth-order valence-electron chi connectivity index (χ4n) is 2.18. The number of aliphatic imine (C=N–C) groups is 1. The van der Waals surface area contributed by atoms with Crippen LogP contribution in [-0.2, 0) is 4.79 Å². The van der Waals surface area contributed by atoms with Gasteiger partial charge in [0.1, 0.15) is 11.5 Å². The number of halogens is 1. The first kappa shape index (κ1) is 17.0. The van der Waals surface area contributed by atoms with E-state index in [1.54, 1.807) is 30.3 Å². The fraction of sp³-hybridized carbons (Fsp3) is 0.111. The number of amidine groups is 1. The molecule has 1 aliphatic rings. The van der Waals surface area contributed by atoms with Gasteiger partial charge in [0.25, 0.3) is 5.91 Å². The van der Waals surface area contributed by atoms with E-state index in [0.29, 0.717) is 28.0 Å². The van der Waals surface area contributed by atoms with Gasteiger partial charge >= 0.3 is 0 Å². The van der Waals surface area contributed by atoms with Gasteiger partial charge in [0.05, 0.1) is 11.5 Å². The van der Waals surface area contributed by atoms with Crippen LogP contribution in [0.25, 0.3) is 6.08 Å². The molecule has 128 valence electrons. The van der Waals surface area contributed by atoms with Crippen LogP contribution < -0.4 is 10.1 Å². The van der Waals surface area contributed by atoms with E-state index in [9.17, 15) is 14.3 Å². The monoisotopic (exact) mass is 358 g/mol. The Morgan fingerprint density at radius 3 is 2.88 bits per heavy atom. The molecule has 5 nitrogen and oxygen atoms in total. The Morgan fingerprint density at radius 2 is 2.12 bits per heavy atom. The smallest absolute Gasteiger partial charge is 0.264 e. The molecule has 0 radical (unpaired) electrons. The van der Waals surface area contributed by atoms with Crippen molar-refractivity contribution in [3.05, 3.63) is 58.8 Å². The van der Waals surface area contributed by atoms with Gasteiger partial charge in [-0.3, -0.25) is 4.79 Å². The van der Waals surface area contributed by atoms with Crippen LogP contribution in [0, 0.1) is 5.82 Å². The molecule has 0 aliphatic carbocycles. The summed E-state index contributed by atoms with van der Waals surface area (Å²) in [5.74, 6) is -0.386. The molecule has 25 heavy (non-hydrogen) atoms. The molecule has 0 unspecified atom stereocenters. The lowest BCUT2D eigenvalue weighted by Gasteiger charge is -2.06. The van der Waals surface area contributed by atoms with Crippen LogP contribution in [0.15, 0.2) is 52.4 Å². The van der Waals surface area contributed by atoms with Crippen molar-refractivity contribution in [1.29, 1.82) is 0 Å².